The number of nitrogens with zero attached hydrogens (tertiary/aromatic N) is 1. The van der Waals surface area contributed by atoms with Crippen LogP contribution in [0.4, 0.5) is 0 Å². The molecule has 0 bridgehead atoms. The largest absolute Gasteiger partial charge is 0.466 e. The Balaban J connectivity index is 1.56. The number of carbonyl (C=O) groups is 1. The van der Waals surface area contributed by atoms with Crippen LogP contribution in [-0.4, -0.2) is 49.6 Å². The monoisotopic (exact) mass is 356 g/mol. The van der Waals surface area contributed by atoms with Crippen molar-refractivity contribution < 1.29 is 22.7 Å². The Morgan fingerprint density at radius 2 is 2.04 bits per heavy atom. The summed E-state index contributed by atoms with van der Waals surface area (Å²) in [4.78, 5) is 12.4. The molecule has 0 spiro atoms. The molecule has 1 aliphatic carbocycles. The zero-order valence-electron chi connectivity index (χ0n) is 13.8. The van der Waals surface area contributed by atoms with Crippen LogP contribution in [0.2, 0.25) is 0 Å². The van der Waals surface area contributed by atoms with Gasteiger partial charge >= 0.3 is 0 Å². The molecular weight excluding hydrogens is 332 g/mol. The number of hydrogen-bond acceptors (Lipinski definition) is 5. The standard InChI is InChI=1S/C16H24N2O5S/c1-24(21,22)18-8-6-12(7-9-18)15(19)17-11-16(20,13-4-5-13)14-3-2-10-23-14/h2-3,10,12-13,20H,4-9,11H2,1H3,(H,17,19). The number of carbonyl (C=O) groups excluding carboxylic acids is 1. The average molecular weight is 356 g/mol. The van der Waals surface area contributed by atoms with E-state index in [1.807, 2.05) is 0 Å². The summed E-state index contributed by atoms with van der Waals surface area (Å²) >= 11 is 0. The van der Waals surface area contributed by atoms with Crippen LogP contribution < -0.4 is 5.32 Å². The predicted octanol–water partition coefficient (Wildman–Crippen LogP) is 0.665. The number of furan rings is 1. The fraction of sp³-hybridized carbons (Fsp3) is 0.688. The van der Waals surface area contributed by atoms with Gasteiger partial charge in [-0.3, -0.25) is 4.79 Å². The minimum absolute atomic E-state index is 0.107. The van der Waals surface area contributed by atoms with Crippen molar-refractivity contribution in [3.05, 3.63) is 24.2 Å². The fourth-order valence-corrected chi connectivity index (χ4v) is 4.21. The van der Waals surface area contributed by atoms with Crippen LogP contribution in [0.25, 0.3) is 0 Å². The first kappa shape index (κ1) is 17.4. The molecule has 24 heavy (non-hydrogen) atoms. The number of amides is 1. The molecular formula is C16H24N2O5S. The van der Waals surface area contributed by atoms with E-state index in [1.165, 1.54) is 16.8 Å². The molecule has 7 nitrogen and oxygen atoms in total. The third-order valence-corrected chi connectivity index (χ3v) is 6.33. The van der Waals surface area contributed by atoms with Crippen molar-refractivity contribution in [1.82, 2.24) is 9.62 Å². The lowest BCUT2D eigenvalue weighted by Crippen LogP contribution is -2.47. The molecule has 1 amide bonds. The molecule has 0 aromatic carbocycles. The zero-order valence-corrected chi connectivity index (χ0v) is 14.6. The van der Waals surface area contributed by atoms with Gasteiger partial charge in [0.15, 0.2) is 0 Å². The summed E-state index contributed by atoms with van der Waals surface area (Å²) < 4.78 is 29.8. The van der Waals surface area contributed by atoms with E-state index in [-0.39, 0.29) is 24.3 Å². The molecule has 1 atom stereocenters. The number of rotatable bonds is 6. The Labute approximate surface area is 142 Å². The predicted molar refractivity (Wildman–Crippen MR) is 87.5 cm³/mol. The summed E-state index contributed by atoms with van der Waals surface area (Å²) in [6.45, 7) is 0.848. The molecule has 0 radical (unpaired) electrons. The van der Waals surface area contributed by atoms with E-state index in [4.69, 9.17) is 4.42 Å². The van der Waals surface area contributed by atoms with Crippen molar-refractivity contribution in [2.24, 2.45) is 11.8 Å². The van der Waals surface area contributed by atoms with Crippen molar-refractivity contribution in [2.75, 3.05) is 25.9 Å². The zero-order chi connectivity index (χ0) is 17.4. The normalized spacial score (nSPS) is 22.9. The summed E-state index contributed by atoms with van der Waals surface area (Å²) in [7, 11) is -3.19. The molecule has 1 saturated carbocycles. The SMILES string of the molecule is CS(=O)(=O)N1CCC(C(=O)NCC(O)(c2ccco2)C2CC2)CC1. The van der Waals surface area contributed by atoms with Crippen LogP contribution in [0.5, 0.6) is 0 Å². The van der Waals surface area contributed by atoms with Gasteiger partial charge in [-0.2, -0.15) is 0 Å². The van der Waals surface area contributed by atoms with Crippen molar-refractivity contribution in [1.29, 1.82) is 0 Å². The highest BCUT2D eigenvalue weighted by molar-refractivity contribution is 7.88. The van der Waals surface area contributed by atoms with Crippen molar-refractivity contribution in [3.8, 4) is 0 Å². The second-order valence-electron chi connectivity index (χ2n) is 6.83. The van der Waals surface area contributed by atoms with E-state index in [0.717, 1.165) is 12.8 Å². The molecule has 2 aliphatic rings. The summed E-state index contributed by atoms with van der Waals surface area (Å²) in [5, 5.41) is 13.8. The van der Waals surface area contributed by atoms with Gasteiger partial charge in [-0.15, -0.1) is 0 Å². The summed E-state index contributed by atoms with van der Waals surface area (Å²) in [5.74, 6) is 0.241. The third-order valence-electron chi connectivity index (χ3n) is 5.03. The molecule has 1 saturated heterocycles. The lowest BCUT2D eigenvalue weighted by molar-refractivity contribution is -0.128. The van der Waals surface area contributed by atoms with Gasteiger partial charge in [-0.25, -0.2) is 12.7 Å². The Kier molecular flexibility index (Phi) is 4.72. The minimum Gasteiger partial charge on any atom is -0.466 e. The van der Waals surface area contributed by atoms with Crippen LogP contribution in [-0.2, 0) is 20.4 Å². The maximum absolute atomic E-state index is 12.4. The Morgan fingerprint density at radius 1 is 1.38 bits per heavy atom. The van der Waals surface area contributed by atoms with Gasteiger partial charge in [0.2, 0.25) is 15.9 Å². The van der Waals surface area contributed by atoms with E-state index in [2.05, 4.69) is 5.32 Å². The highest BCUT2D eigenvalue weighted by Crippen LogP contribution is 2.45. The van der Waals surface area contributed by atoms with Gasteiger partial charge < -0.3 is 14.8 Å². The van der Waals surface area contributed by atoms with Crippen LogP contribution in [0.1, 0.15) is 31.4 Å². The molecule has 1 unspecified atom stereocenters. The van der Waals surface area contributed by atoms with E-state index in [9.17, 15) is 18.3 Å². The molecule has 2 fully saturated rings. The molecule has 134 valence electrons. The molecule has 1 aromatic rings. The van der Waals surface area contributed by atoms with Gasteiger partial charge in [0.25, 0.3) is 0 Å². The molecule has 2 N–H and O–H groups in total. The molecule has 1 aromatic heterocycles. The van der Waals surface area contributed by atoms with Gasteiger partial charge in [0.05, 0.1) is 19.1 Å². The third kappa shape index (κ3) is 3.65. The quantitative estimate of drug-likeness (QED) is 0.780. The summed E-state index contributed by atoms with van der Waals surface area (Å²) in [6, 6.07) is 3.46. The number of aliphatic hydroxyl groups is 1. The fourth-order valence-electron chi connectivity index (χ4n) is 3.33. The van der Waals surface area contributed by atoms with E-state index >= 15 is 0 Å². The summed E-state index contributed by atoms with van der Waals surface area (Å²) in [5.41, 5.74) is -1.16. The maximum Gasteiger partial charge on any atom is 0.223 e. The van der Waals surface area contributed by atoms with E-state index in [1.54, 1.807) is 12.1 Å². The van der Waals surface area contributed by atoms with Crippen molar-refractivity contribution >= 4 is 15.9 Å². The van der Waals surface area contributed by atoms with Crippen molar-refractivity contribution in [3.63, 3.8) is 0 Å². The first-order chi connectivity index (χ1) is 11.3. The first-order valence-electron chi connectivity index (χ1n) is 8.30. The number of sulfonamides is 1. The smallest absolute Gasteiger partial charge is 0.223 e. The van der Waals surface area contributed by atoms with Gasteiger partial charge in [-0.1, -0.05) is 0 Å². The second kappa shape index (κ2) is 6.50. The van der Waals surface area contributed by atoms with Gasteiger partial charge in [-0.05, 0) is 43.7 Å². The molecule has 1 aliphatic heterocycles. The van der Waals surface area contributed by atoms with Gasteiger partial charge in [0, 0.05) is 19.0 Å². The Hall–Kier alpha value is -1.38. The Morgan fingerprint density at radius 3 is 2.54 bits per heavy atom. The second-order valence-corrected chi connectivity index (χ2v) is 8.81. The molecule has 2 heterocycles. The average Bonchev–Trinajstić information content (AvgIpc) is 3.26. The minimum atomic E-state index is -3.19. The van der Waals surface area contributed by atoms with Crippen molar-refractivity contribution in [2.45, 2.75) is 31.3 Å². The van der Waals surface area contributed by atoms with E-state index < -0.39 is 15.6 Å². The van der Waals surface area contributed by atoms with E-state index in [0.29, 0.717) is 31.7 Å². The number of nitrogens with one attached hydrogen (secondary N) is 1. The van der Waals surface area contributed by atoms with Crippen LogP contribution in [0, 0.1) is 11.8 Å². The topological polar surface area (TPSA) is 99.9 Å². The van der Waals surface area contributed by atoms with Crippen LogP contribution >= 0.6 is 0 Å². The Bertz CT molecular complexity index is 675. The highest BCUT2D eigenvalue weighted by Gasteiger charge is 2.47. The summed E-state index contributed by atoms with van der Waals surface area (Å²) in [6.07, 6.45) is 5.54. The van der Waals surface area contributed by atoms with Gasteiger partial charge in [0.1, 0.15) is 11.4 Å². The van der Waals surface area contributed by atoms with Crippen LogP contribution in [0.15, 0.2) is 22.8 Å². The molecule has 8 heteroatoms. The molecule has 3 rings (SSSR count). The number of piperidine rings is 1. The number of hydrogen-bond donors (Lipinski definition) is 2. The lowest BCUT2D eigenvalue weighted by Gasteiger charge is -2.31. The van der Waals surface area contributed by atoms with Crippen LogP contribution in [0.3, 0.4) is 0 Å². The maximum atomic E-state index is 12.4. The highest BCUT2D eigenvalue weighted by atomic mass is 32.2. The first-order valence-corrected chi connectivity index (χ1v) is 10.1. The lowest BCUT2D eigenvalue weighted by atomic mass is 9.93.